The van der Waals surface area contributed by atoms with Crippen LogP contribution in [-0.4, -0.2) is 82.2 Å². The van der Waals surface area contributed by atoms with Gasteiger partial charge in [-0.15, -0.1) is 0 Å². The quantitative estimate of drug-likeness (QED) is 0.0151. The van der Waals surface area contributed by atoms with Crippen molar-refractivity contribution in [2.45, 2.75) is 173 Å². The standard InChI is InChI=1S/C44H78NO9P/c1-6-8-10-12-14-16-18-20-22-24-26-28-30-34-44(47)53-40(39-52-55(48,49)51-37-36-45(3,4)5)38-50-43(46)35-31-33-42-41(54-42)32-29-27-25-23-21-19-17-15-13-11-9-7-2/h15-18,21,23,27,29,40-42H,6-14,19-20,22,24-26,28,30-39H2,1-5H3/b17-15-,18-16-,23-21-,29-27-/t40-,41?,42?/m1/s1. The van der Waals surface area contributed by atoms with Gasteiger partial charge < -0.3 is 32.6 Å². The Balaban J connectivity index is 2.36. The Kier molecular flexibility index (Phi) is 30.5. The maximum absolute atomic E-state index is 12.7. The molecule has 318 valence electrons. The summed E-state index contributed by atoms with van der Waals surface area (Å²) >= 11 is 0. The molecular weight excluding hydrogens is 717 g/mol. The van der Waals surface area contributed by atoms with E-state index >= 15 is 0 Å². The van der Waals surface area contributed by atoms with Gasteiger partial charge in [0.05, 0.1) is 40.0 Å². The molecule has 1 fully saturated rings. The summed E-state index contributed by atoms with van der Waals surface area (Å²) in [4.78, 5) is 37.6. The summed E-state index contributed by atoms with van der Waals surface area (Å²) in [6.07, 6.45) is 38.7. The number of likely N-dealkylation sites (N-methyl/N-ethyl adjacent to an activating group) is 1. The molecule has 0 saturated carbocycles. The second-order valence-corrected chi connectivity index (χ2v) is 17.1. The number of esters is 2. The van der Waals surface area contributed by atoms with Crippen LogP contribution in [0.25, 0.3) is 0 Å². The third-order valence-corrected chi connectivity index (χ3v) is 10.2. The molecule has 0 radical (unpaired) electrons. The minimum absolute atomic E-state index is 0.0460. The summed E-state index contributed by atoms with van der Waals surface area (Å²) in [5, 5.41) is 0. The first-order valence-corrected chi connectivity index (χ1v) is 22.9. The van der Waals surface area contributed by atoms with Crippen molar-refractivity contribution >= 4 is 19.8 Å². The second kappa shape index (κ2) is 33.0. The molecule has 0 aromatic heterocycles. The Bertz CT molecular complexity index is 1150. The molecule has 11 heteroatoms. The van der Waals surface area contributed by atoms with Crippen LogP contribution in [0.5, 0.6) is 0 Å². The fourth-order valence-electron chi connectivity index (χ4n) is 5.73. The normalized spacial score (nSPS) is 17.8. The number of carbonyl (C=O) groups excluding carboxylic acids is 2. The first kappa shape index (κ1) is 50.9. The highest BCUT2D eigenvalue weighted by molar-refractivity contribution is 7.45. The lowest BCUT2D eigenvalue weighted by Gasteiger charge is -2.28. The molecule has 1 heterocycles. The predicted octanol–water partition coefficient (Wildman–Crippen LogP) is 10.3. The molecule has 0 aromatic rings. The number of nitrogens with zero attached hydrogens (tertiary/aromatic N) is 1. The molecule has 1 saturated heterocycles. The predicted molar refractivity (Wildman–Crippen MR) is 221 cm³/mol. The number of rotatable bonds is 37. The zero-order chi connectivity index (χ0) is 40.5. The van der Waals surface area contributed by atoms with E-state index in [4.69, 9.17) is 23.3 Å². The molecule has 0 N–H and O–H groups in total. The zero-order valence-electron chi connectivity index (χ0n) is 35.3. The second-order valence-electron chi connectivity index (χ2n) is 15.7. The molecule has 0 aliphatic carbocycles. The van der Waals surface area contributed by atoms with E-state index in [2.05, 4.69) is 62.5 Å². The van der Waals surface area contributed by atoms with E-state index in [0.29, 0.717) is 23.9 Å². The summed E-state index contributed by atoms with van der Waals surface area (Å²) in [6, 6.07) is 0. The molecule has 0 aromatic carbocycles. The third-order valence-electron chi connectivity index (χ3n) is 9.25. The van der Waals surface area contributed by atoms with Gasteiger partial charge in [0.1, 0.15) is 19.8 Å². The van der Waals surface area contributed by atoms with Crippen LogP contribution in [0.3, 0.4) is 0 Å². The lowest BCUT2D eigenvalue weighted by atomic mass is 10.1. The molecule has 10 nitrogen and oxygen atoms in total. The van der Waals surface area contributed by atoms with Crippen molar-refractivity contribution in [2.75, 3.05) is 47.5 Å². The van der Waals surface area contributed by atoms with Gasteiger partial charge in [-0.25, -0.2) is 0 Å². The van der Waals surface area contributed by atoms with Crippen molar-refractivity contribution in [3.8, 4) is 0 Å². The average Bonchev–Trinajstić information content (AvgIpc) is 3.88. The van der Waals surface area contributed by atoms with E-state index in [1.807, 2.05) is 21.1 Å². The molecule has 4 atom stereocenters. The molecule has 0 bridgehead atoms. The van der Waals surface area contributed by atoms with Gasteiger partial charge in [-0.3, -0.25) is 14.2 Å². The summed E-state index contributed by atoms with van der Waals surface area (Å²) in [5.74, 6) is -0.925. The highest BCUT2D eigenvalue weighted by Gasteiger charge is 2.36. The van der Waals surface area contributed by atoms with Crippen LogP contribution in [0.15, 0.2) is 48.6 Å². The van der Waals surface area contributed by atoms with Crippen molar-refractivity contribution in [3.63, 3.8) is 0 Å². The van der Waals surface area contributed by atoms with E-state index < -0.39 is 32.5 Å². The molecule has 1 aliphatic heterocycles. The summed E-state index contributed by atoms with van der Waals surface area (Å²) in [6.45, 7) is 4.07. The van der Waals surface area contributed by atoms with Gasteiger partial charge in [-0.05, 0) is 77.0 Å². The smallest absolute Gasteiger partial charge is 0.306 e. The van der Waals surface area contributed by atoms with Crippen LogP contribution in [0.1, 0.15) is 155 Å². The van der Waals surface area contributed by atoms with Gasteiger partial charge in [0.2, 0.25) is 0 Å². The monoisotopic (exact) mass is 796 g/mol. The van der Waals surface area contributed by atoms with Crippen molar-refractivity contribution in [1.82, 2.24) is 0 Å². The van der Waals surface area contributed by atoms with Gasteiger partial charge >= 0.3 is 11.9 Å². The van der Waals surface area contributed by atoms with Crippen LogP contribution < -0.4 is 4.89 Å². The van der Waals surface area contributed by atoms with Crippen molar-refractivity contribution in [2.24, 2.45) is 0 Å². The van der Waals surface area contributed by atoms with Crippen LogP contribution in [0.2, 0.25) is 0 Å². The van der Waals surface area contributed by atoms with E-state index in [1.54, 1.807) is 0 Å². The van der Waals surface area contributed by atoms with Crippen LogP contribution in [-0.2, 0) is 37.4 Å². The number of hydrogen-bond acceptors (Lipinski definition) is 9. The third kappa shape index (κ3) is 33.8. The lowest BCUT2D eigenvalue weighted by Crippen LogP contribution is -2.37. The van der Waals surface area contributed by atoms with Gasteiger partial charge in [-0.1, -0.05) is 114 Å². The molecule has 0 amide bonds. The Morgan fingerprint density at radius 1 is 0.673 bits per heavy atom. The Hall–Kier alpha value is -2.07. The van der Waals surface area contributed by atoms with E-state index in [0.717, 1.165) is 64.2 Å². The number of hydrogen-bond donors (Lipinski definition) is 0. The molecule has 0 spiro atoms. The van der Waals surface area contributed by atoms with Crippen molar-refractivity contribution < 1.29 is 46.8 Å². The molecule has 1 aliphatic rings. The topological polar surface area (TPSA) is 124 Å². The van der Waals surface area contributed by atoms with Crippen molar-refractivity contribution in [1.29, 1.82) is 0 Å². The summed E-state index contributed by atoms with van der Waals surface area (Å²) in [5.41, 5.74) is 0. The Labute approximate surface area is 335 Å². The maximum atomic E-state index is 12.7. The van der Waals surface area contributed by atoms with Crippen molar-refractivity contribution in [3.05, 3.63) is 48.6 Å². The van der Waals surface area contributed by atoms with E-state index in [9.17, 15) is 19.0 Å². The minimum Gasteiger partial charge on any atom is -0.756 e. The number of phosphoric acid groups is 1. The maximum Gasteiger partial charge on any atom is 0.306 e. The first-order chi connectivity index (χ1) is 26.5. The minimum atomic E-state index is -4.65. The lowest BCUT2D eigenvalue weighted by molar-refractivity contribution is -0.870. The van der Waals surface area contributed by atoms with Crippen LogP contribution >= 0.6 is 7.82 Å². The van der Waals surface area contributed by atoms with Crippen LogP contribution in [0.4, 0.5) is 0 Å². The van der Waals surface area contributed by atoms with E-state index in [1.165, 1.54) is 51.4 Å². The molecular formula is C44H78NO9P. The van der Waals surface area contributed by atoms with Gasteiger partial charge in [0.15, 0.2) is 6.10 Å². The van der Waals surface area contributed by atoms with Gasteiger partial charge in [0.25, 0.3) is 7.82 Å². The SMILES string of the molecule is CCCCC/C=C\C/C=C\C/C=C\CC1OC1CCCC(=O)OC[C@H](COP(=O)([O-])OCC[N+](C)(C)C)OC(=O)CCCCCCC/C=C\CCCCCC. The van der Waals surface area contributed by atoms with Gasteiger partial charge in [0, 0.05) is 12.8 Å². The molecule has 55 heavy (non-hydrogen) atoms. The zero-order valence-corrected chi connectivity index (χ0v) is 36.2. The van der Waals surface area contributed by atoms with Crippen LogP contribution in [0, 0.1) is 0 Å². The van der Waals surface area contributed by atoms with Gasteiger partial charge in [-0.2, -0.15) is 0 Å². The Morgan fingerprint density at radius 2 is 1.22 bits per heavy atom. The average molecular weight is 796 g/mol. The molecule has 3 unspecified atom stereocenters. The largest absolute Gasteiger partial charge is 0.756 e. The number of epoxide rings is 1. The number of allylic oxidation sites excluding steroid dienone is 7. The summed E-state index contributed by atoms with van der Waals surface area (Å²) in [7, 11) is 1.11. The highest BCUT2D eigenvalue weighted by atomic mass is 31.2. The van der Waals surface area contributed by atoms with E-state index in [-0.39, 0.29) is 38.3 Å². The fourth-order valence-corrected chi connectivity index (χ4v) is 6.46. The summed E-state index contributed by atoms with van der Waals surface area (Å²) < 4.78 is 39.6. The number of quaternary nitrogens is 1. The fraction of sp³-hybridized carbons (Fsp3) is 0.773. The first-order valence-electron chi connectivity index (χ1n) is 21.5. The highest BCUT2D eigenvalue weighted by Crippen LogP contribution is 2.38. The number of phosphoric ester groups is 1. The number of carbonyl (C=O) groups is 2. The Morgan fingerprint density at radius 3 is 1.89 bits per heavy atom. The number of unbranched alkanes of at least 4 members (excludes halogenated alkanes) is 12. The molecule has 1 rings (SSSR count). The number of ether oxygens (including phenoxy) is 3.